The van der Waals surface area contributed by atoms with Crippen LogP contribution >= 0.6 is 0 Å². The number of β-amino-alcohol motifs (C(OH)–C–C–N with tert-alkyl or cyclic N) is 1. The third-order valence-corrected chi connectivity index (χ3v) is 5.95. The van der Waals surface area contributed by atoms with Crippen LogP contribution in [-0.4, -0.2) is 57.6 Å². The highest BCUT2D eigenvalue weighted by atomic mass is 16.5. The fourth-order valence-corrected chi connectivity index (χ4v) is 4.34. The van der Waals surface area contributed by atoms with E-state index in [1.165, 1.54) is 0 Å². The fourth-order valence-electron chi connectivity index (χ4n) is 4.34. The summed E-state index contributed by atoms with van der Waals surface area (Å²) in [5, 5.41) is 27.5. The Labute approximate surface area is 199 Å². The Kier molecular flexibility index (Phi) is 7.07. The maximum atomic E-state index is 13.2. The molecule has 180 valence electrons. The van der Waals surface area contributed by atoms with Crippen LogP contribution < -0.4 is 9.47 Å². The summed E-state index contributed by atoms with van der Waals surface area (Å²) in [4.78, 5) is 14.9. The van der Waals surface area contributed by atoms with Crippen molar-refractivity contribution in [3.8, 4) is 28.5 Å². The van der Waals surface area contributed by atoms with Gasteiger partial charge in [0.15, 0.2) is 11.5 Å². The standard InChI is InChI=1S/C26H31N3O5/c1-4-6-13-34-20-10-8-17(15-21(20)33-5-2)25-22-23(18-14-16(3)7-9-19(18)31)27-28-24(22)26(32)29(25)11-12-30/h7-10,14-15,25,30-31H,4-6,11-13H2,1-3H3,(H,27,28)/t25-/m1/s1. The number of aromatic amines is 1. The number of aromatic hydroxyl groups is 1. The first kappa shape index (κ1) is 23.6. The van der Waals surface area contributed by atoms with Crippen molar-refractivity contribution in [2.75, 3.05) is 26.4 Å². The van der Waals surface area contributed by atoms with Gasteiger partial charge in [-0.05, 0) is 50.1 Å². The number of hydrogen-bond donors (Lipinski definition) is 3. The van der Waals surface area contributed by atoms with Crippen molar-refractivity contribution < 1.29 is 24.5 Å². The molecule has 1 aliphatic heterocycles. The molecule has 1 aliphatic rings. The molecule has 2 aromatic carbocycles. The lowest BCUT2D eigenvalue weighted by atomic mass is 9.95. The number of phenols is 1. The van der Waals surface area contributed by atoms with Crippen LogP contribution in [0.25, 0.3) is 11.3 Å². The van der Waals surface area contributed by atoms with Crippen molar-refractivity contribution in [1.82, 2.24) is 15.1 Å². The summed E-state index contributed by atoms with van der Waals surface area (Å²) in [6.07, 6.45) is 1.97. The van der Waals surface area contributed by atoms with E-state index in [2.05, 4.69) is 17.1 Å². The first-order valence-electron chi connectivity index (χ1n) is 11.7. The number of H-pyrrole nitrogens is 1. The van der Waals surface area contributed by atoms with Crippen molar-refractivity contribution in [2.24, 2.45) is 0 Å². The van der Waals surface area contributed by atoms with Gasteiger partial charge in [0.05, 0.1) is 25.9 Å². The number of rotatable bonds is 10. The van der Waals surface area contributed by atoms with Gasteiger partial charge < -0.3 is 24.6 Å². The highest BCUT2D eigenvalue weighted by Gasteiger charge is 2.42. The number of nitrogens with zero attached hydrogens (tertiary/aromatic N) is 2. The predicted octanol–water partition coefficient (Wildman–Crippen LogP) is 4.21. The van der Waals surface area contributed by atoms with Gasteiger partial charge in [-0.3, -0.25) is 9.89 Å². The topological polar surface area (TPSA) is 108 Å². The van der Waals surface area contributed by atoms with Gasteiger partial charge in [-0.2, -0.15) is 5.10 Å². The summed E-state index contributed by atoms with van der Waals surface area (Å²) >= 11 is 0. The minimum Gasteiger partial charge on any atom is -0.507 e. The van der Waals surface area contributed by atoms with Crippen LogP contribution in [-0.2, 0) is 0 Å². The molecular weight excluding hydrogens is 434 g/mol. The Morgan fingerprint density at radius 1 is 1.12 bits per heavy atom. The van der Waals surface area contributed by atoms with Gasteiger partial charge in [0.25, 0.3) is 5.91 Å². The van der Waals surface area contributed by atoms with Crippen LogP contribution in [0, 0.1) is 6.92 Å². The van der Waals surface area contributed by atoms with E-state index in [0.29, 0.717) is 47.2 Å². The Bertz CT molecular complexity index is 1170. The molecule has 1 aromatic heterocycles. The van der Waals surface area contributed by atoms with Gasteiger partial charge in [-0.1, -0.05) is 31.0 Å². The molecule has 34 heavy (non-hydrogen) atoms. The van der Waals surface area contributed by atoms with Gasteiger partial charge in [0.1, 0.15) is 17.1 Å². The fraction of sp³-hybridized carbons (Fsp3) is 0.385. The molecule has 3 N–H and O–H groups in total. The smallest absolute Gasteiger partial charge is 0.273 e. The first-order valence-corrected chi connectivity index (χ1v) is 11.7. The zero-order chi connectivity index (χ0) is 24.2. The molecule has 0 radical (unpaired) electrons. The number of carbonyl (C=O) groups is 1. The van der Waals surface area contributed by atoms with Crippen LogP contribution in [0.4, 0.5) is 0 Å². The number of aromatic nitrogens is 2. The number of carbonyl (C=O) groups excluding carboxylic acids is 1. The number of benzene rings is 2. The lowest BCUT2D eigenvalue weighted by Gasteiger charge is -2.26. The van der Waals surface area contributed by atoms with Gasteiger partial charge in [0, 0.05) is 17.7 Å². The van der Waals surface area contributed by atoms with E-state index in [9.17, 15) is 15.0 Å². The highest BCUT2D eigenvalue weighted by Crippen LogP contribution is 2.45. The molecular formula is C26H31N3O5. The maximum absolute atomic E-state index is 13.2. The van der Waals surface area contributed by atoms with Gasteiger partial charge in [-0.15, -0.1) is 0 Å². The number of nitrogens with one attached hydrogen (secondary N) is 1. The SMILES string of the molecule is CCCCOc1ccc([C@@H]2c3c(-c4cc(C)ccc4O)n[nH]c3C(=O)N2CCO)cc1OCC. The minimum absolute atomic E-state index is 0.0846. The Hall–Kier alpha value is -3.52. The van der Waals surface area contributed by atoms with Crippen LogP contribution in [0.3, 0.4) is 0 Å². The quantitative estimate of drug-likeness (QED) is 0.387. The molecule has 1 amide bonds. The summed E-state index contributed by atoms with van der Waals surface area (Å²) in [5.74, 6) is 1.09. The average Bonchev–Trinajstić information content (AvgIpc) is 3.36. The molecule has 2 heterocycles. The predicted molar refractivity (Wildman–Crippen MR) is 128 cm³/mol. The van der Waals surface area contributed by atoms with Crippen molar-refractivity contribution in [2.45, 2.75) is 39.7 Å². The monoisotopic (exact) mass is 465 g/mol. The molecule has 8 nitrogen and oxygen atoms in total. The second kappa shape index (κ2) is 10.2. The number of hydrogen-bond acceptors (Lipinski definition) is 6. The first-order chi connectivity index (χ1) is 16.5. The third kappa shape index (κ3) is 4.33. The van der Waals surface area contributed by atoms with E-state index in [-0.39, 0.29) is 24.8 Å². The van der Waals surface area contributed by atoms with Crippen molar-refractivity contribution in [3.63, 3.8) is 0 Å². The summed E-state index contributed by atoms with van der Waals surface area (Å²) < 4.78 is 11.8. The van der Waals surface area contributed by atoms with E-state index in [0.717, 1.165) is 24.0 Å². The highest BCUT2D eigenvalue weighted by molar-refractivity contribution is 6.00. The van der Waals surface area contributed by atoms with Crippen LogP contribution in [0.2, 0.25) is 0 Å². The zero-order valence-electron chi connectivity index (χ0n) is 19.8. The molecule has 0 saturated heterocycles. The summed E-state index contributed by atoms with van der Waals surface area (Å²) in [6, 6.07) is 10.4. The average molecular weight is 466 g/mol. The molecule has 3 aromatic rings. The molecule has 4 rings (SSSR count). The molecule has 0 aliphatic carbocycles. The summed E-state index contributed by atoms with van der Waals surface area (Å²) in [6.45, 7) is 6.99. The van der Waals surface area contributed by atoms with Crippen LogP contribution in [0.5, 0.6) is 17.2 Å². The van der Waals surface area contributed by atoms with E-state index in [4.69, 9.17) is 9.47 Å². The largest absolute Gasteiger partial charge is 0.507 e. The van der Waals surface area contributed by atoms with Crippen LogP contribution in [0.15, 0.2) is 36.4 Å². The Morgan fingerprint density at radius 3 is 2.68 bits per heavy atom. The molecule has 0 saturated carbocycles. The Balaban J connectivity index is 1.83. The van der Waals surface area contributed by atoms with Gasteiger partial charge in [-0.25, -0.2) is 0 Å². The zero-order valence-corrected chi connectivity index (χ0v) is 19.8. The van der Waals surface area contributed by atoms with E-state index in [1.807, 2.05) is 44.2 Å². The molecule has 0 spiro atoms. The molecule has 0 unspecified atom stereocenters. The second-order valence-electron chi connectivity index (χ2n) is 8.35. The minimum atomic E-state index is -0.507. The van der Waals surface area contributed by atoms with Crippen LogP contribution in [0.1, 0.15) is 59.9 Å². The molecule has 0 fully saturated rings. The van der Waals surface area contributed by atoms with Gasteiger partial charge in [0.2, 0.25) is 0 Å². The normalized spacial score (nSPS) is 15.0. The van der Waals surface area contributed by atoms with E-state index >= 15 is 0 Å². The van der Waals surface area contributed by atoms with Crippen molar-refractivity contribution >= 4 is 5.91 Å². The maximum Gasteiger partial charge on any atom is 0.273 e. The third-order valence-electron chi connectivity index (χ3n) is 5.95. The number of aryl methyl sites for hydroxylation is 1. The summed E-state index contributed by atoms with van der Waals surface area (Å²) in [7, 11) is 0. The number of amides is 1. The number of unbranched alkanes of at least 4 members (excludes halogenated alkanes) is 1. The van der Waals surface area contributed by atoms with Crippen molar-refractivity contribution in [1.29, 1.82) is 0 Å². The number of aliphatic hydroxyl groups excluding tert-OH is 1. The Morgan fingerprint density at radius 2 is 1.94 bits per heavy atom. The second-order valence-corrected chi connectivity index (χ2v) is 8.35. The van der Waals surface area contributed by atoms with E-state index in [1.54, 1.807) is 11.0 Å². The molecule has 8 heteroatoms. The number of phenolic OH excluding ortho intramolecular Hbond substituents is 1. The number of aliphatic hydroxyl groups is 1. The number of fused-ring (bicyclic) bond motifs is 1. The van der Waals surface area contributed by atoms with E-state index < -0.39 is 6.04 Å². The lowest BCUT2D eigenvalue weighted by molar-refractivity contribution is 0.0706. The molecule has 0 bridgehead atoms. The van der Waals surface area contributed by atoms with Crippen molar-refractivity contribution in [3.05, 3.63) is 58.8 Å². The lowest BCUT2D eigenvalue weighted by Crippen LogP contribution is -2.32. The summed E-state index contributed by atoms with van der Waals surface area (Å²) in [5.41, 5.74) is 3.85. The van der Waals surface area contributed by atoms with Gasteiger partial charge >= 0.3 is 0 Å². The number of ether oxygens (including phenoxy) is 2. The molecule has 1 atom stereocenters.